The Balaban J connectivity index is 2.65. The van der Waals surface area contributed by atoms with E-state index >= 15 is 0 Å². The summed E-state index contributed by atoms with van der Waals surface area (Å²) >= 11 is 0. The number of allylic oxidation sites excluding steroid dienone is 2. The van der Waals surface area contributed by atoms with Crippen LogP contribution in [0.2, 0.25) is 0 Å². The molecule has 0 fully saturated rings. The molecule has 4 heteroatoms. The van der Waals surface area contributed by atoms with E-state index in [1.165, 1.54) is 0 Å². The van der Waals surface area contributed by atoms with Gasteiger partial charge in [0.15, 0.2) is 5.82 Å². The first-order valence-electron chi connectivity index (χ1n) is 5.20. The zero-order chi connectivity index (χ0) is 12.1. The maximum atomic E-state index is 11.7. The molecule has 16 heavy (non-hydrogen) atoms. The number of amides is 1. The Morgan fingerprint density at radius 2 is 2.38 bits per heavy atom. The number of hydrogen-bond donors (Lipinski definition) is 1. The summed E-state index contributed by atoms with van der Waals surface area (Å²) in [5, 5.41) is 6.78. The summed E-state index contributed by atoms with van der Waals surface area (Å²) < 4.78 is 1.64. The van der Waals surface area contributed by atoms with Crippen LogP contribution in [0.15, 0.2) is 36.1 Å². The second kappa shape index (κ2) is 5.30. The molecule has 0 bridgehead atoms. The van der Waals surface area contributed by atoms with E-state index in [9.17, 15) is 4.79 Å². The molecule has 1 aromatic heterocycles. The van der Waals surface area contributed by atoms with E-state index in [2.05, 4.69) is 17.0 Å². The van der Waals surface area contributed by atoms with Crippen molar-refractivity contribution < 1.29 is 4.79 Å². The molecule has 0 atom stereocenters. The van der Waals surface area contributed by atoms with E-state index in [-0.39, 0.29) is 5.91 Å². The zero-order valence-electron chi connectivity index (χ0n) is 9.95. The van der Waals surface area contributed by atoms with Gasteiger partial charge in [0.05, 0.1) is 0 Å². The van der Waals surface area contributed by atoms with Crippen LogP contribution in [0.25, 0.3) is 0 Å². The molecule has 0 spiro atoms. The lowest BCUT2D eigenvalue weighted by Gasteiger charge is -2.02. The van der Waals surface area contributed by atoms with E-state index in [4.69, 9.17) is 0 Å². The lowest BCUT2D eigenvalue weighted by Crippen LogP contribution is -2.13. The van der Waals surface area contributed by atoms with E-state index in [0.29, 0.717) is 11.4 Å². The Hall–Kier alpha value is -1.84. The van der Waals surface area contributed by atoms with Crippen LogP contribution in [0.5, 0.6) is 0 Å². The van der Waals surface area contributed by atoms with Crippen molar-refractivity contribution in [1.29, 1.82) is 0 Å². The molecule has 1 rings (SSSR count). The number of aryl methyl sites for hydroxylation is 1. The highest BCUT2D eigenvalue weighted by Crippen LogP contribution is 2.07. The molecule has 4 nitrogen and oxygen atoms in total. The largest absolute Gasteiger partial charge is 0.305 e. The highest BCUT2D eigenvalue weighted by atomic mass is 16.1. The summed E-state index contributed by atoms with van der Waals surface area (Å²) in [4.78, 5) is 11.7. The Bertz CT molecular complexity index is 429. The number of carbonyl (C=O) groups excluding carboxylic acids is 1. The Kier molecular flexibility index (Phi) is 4.05. The minimum atomic E-state index is -0.145. The summed E-state index contributed by atoms with van der Waals surface area (Å²) in [5.74, 6) is 0.413. The zero-order valence-corrected chi connectivity index (χ0v) is 9.95. The maximum absolute atomic E-state index is 11.7. The second-order valence-electron chi connectivity index (χ2n) is 3.67. The lowest BCUT2D eigenvalue weighted by molar-refractivity contribution is -0.112. The SMILES string of the molecule is C=C(/C=C(\C)C(=O)Nc1ccn(C)n1)CC. The van der Waals surface area contributed by atoms with Crippen LogP contribution >= 0.6 is 0 Å². The molecule has 0 unspecified atom stereocenters. The van der Waals surface area contributed by atoms with Crippen molar-refractivity contribution >= 4 is 11.7 Å². The Morgan fingerprint density at radius 1 is 1.69 bits per heavy atom. The van der Waals surface area contributed by atoms with Gasteiger partial charge in [0, 0.05) is 24.9 Å². The molecule has 0 saturated heterocycles. The van der Waals surface area contributed by atoms with Crippen LogP contribution in [0.1, 0.15) is 20.3 Å². The standard InChI is InChI=1S/C12H17N3O/c1-5-9(2)8-10(3)12(16)13-11-6-7-15(4)14-11/h6-8H,2,5H2,1,3-4H3,(H,13,14,16)/b10-8+. The number of hydrogen-bond acceptors (Lipinski definition) is 2. The van der Waals surface area contributed by atoms with Crippen molar-refractivity contribution in [3.8, 4) is 0 Å². The van der Waals surface area contributed by atoms with E-state index < -0.39 is 0 Å². The fourth-order valence-corrected chi connectivity index (χ4v) is 1.17. The highest BCUT2D eigenvalue weighted by molar-refractivity contribution is 6.03. The number of anilines is 1. The summed E-state index contributed by atoms with van der Waals surface area (Å²) in [6.45, 7) is 7.60. The summed E-state index contributed by atoms with van der Waals surface area (Å²) in [5.41, 5.74) is 1.58. The van der Waals surface area contributed by atoms with Crippen molar-refractivity contribution in [2.24, 2.45) is 7.05 Å². The van der Waals surface area contributed by atoms with Gasteiger partial charge < -0.3 is 5.32 Å². The van der Waals surface area contributed by atoms with Crippen LogP contribution in [0.4, 0.5) is 5.82 Å². The minimum absolute atomic E-state index is 0.145. The molecule has 1 aromatic rings. The number of carbonyl (C=O) groups is 1. The van der Waals surface area contributed by atoms with Crippen molar-refractivity contribution in [3.63, 3.8) is 0 Å². The van der Waals surface area contributed by atoms with Gasteiger partial charge >= 0.3 is 0 Å². The van der Waals surface area contributed by atoms with Gasteiger partial charge in [0.1, 0.15) is 0 Å². The molecule has 0 aliphatic carbocycles. The Labute approximate surface area is 95.7 Å². The molecule has 1 heterocycles. The van der Waals surface area contributed by atoms with Gasteiger partial charge in [-0.15, -0.1) is 0 Å². The van der Waals surface area contributed by atoms with E-state index in [0.717, 1.165) is 12.0 Å². The molecule has 0 aliphatic heterocycles. The summed E-state index contributed by atoms with van der Waals surface area (Å²) in [7, 11) is 1.80. The lowest BCUT2D eigenvalue weighted by atomic mass is 10.1. The average molecular weight is 219 g/mol. The van der Waals surface area contributed by atoms with Crippen LogP contribution in [-0.4, -0.2) is 15.7 Å². The molecular formula is C12H17N3O. The fourth-order valence-electron chi connectivity index (χ4n) is 1.17. The first kappa shape index (κ1) is 12.2. The van der Waals surface area contributed by atoms with E-state index in [1.54, 1.807) is 37.0 Å². The number of nitrogens with zero attached hydrogens (tertiary/aromatic N) is 2. The Morgan fingerprint density at radius 3 is 2.88 bits per heavy atom. The van der Waals surface area contributed by atoms with Gasteiger partial charge in [-0.05, 0) is 13.3 Å². The maximum Gasteiger partial charge on any atom is 0.252 e. The van der Waals surface area contributed by atoms with Crippen LogP contribution in [0, 0.1) is 0 Å². The van der Waals surface area contributed by atoms with Gasteiger partial charge in [0.2, 0.25) is 0 Å². The molecule has 0 saturated carbocycles. The predicted molar refractivity (Wildman–Crippen MR) is 65.0 cm³/mol. The van der Waals surface area contributed by atoms with Gasteiger partial charge in [-0.2, -0.15) is 5.10 Å². The molecule has 0 aromatic carbocycles. The monoisotopic (exact) mass is 219 g/mol. The molecule has 86 valence electrons. The van der Waals surface area contributed by atoms with Crippen LogP contribution < -0.4 is 5.32 Å². The third-order valence-electron chi connectivity index (χ3n) is 2.19. The molecule has 1 N–H and O–H groups in total. The van der Waals surface area contributed by atoms with Crippen LogP contribution in [0.3, 0.4) is 0 Å². The molecular weight excluding hydrogens is 202 g/mol. The smallest absolute Gasteiger partial charge is 0.252 e. The third kappa shape index (κ3) is 3.38. The predicted octanol–water partition coefficient (Wildman–Crippen LogP) is 2.27. The number of nitrogens with one attached hydrogen (secondary N) is 1. The highest BCUT2D eigenvalue weighted by Gasteiger charge is 2.06. The fraction of sp³-hybridized carbons (Fsp3) is 0.333. The molecule has 0 radical (unpaired) electrons. The van der Waals surface area contributed by atoms with E-state index in [1.807, 2.05) is 6.92 Å². The second-order valence-corrected chi connectivity index (χ2v) is 3.67. The van der Waals surface area contributed by atoms with Crippen molar-refractivity contribution in [2.75, 3.05) is 5.32 Å². The quantitative estimate of drug-likeness (QED) is 0.623. The topological polar surface area (TPSA) is 46.9 Å². The van der Waals surface area contributed by atoms with Gasteiger partial charge in [-0.1, -0.05) is 25.2 Å². The van der Waals surface area contributed by atoms with Gasteiger partial charge in [0.25, 0.3) is 5.91 Å². The van der Waals surface area contributed by atoms with Gasteiger partial charge in [-0.3, -0.25) is 9.48 Å². The summed E-state index contributed by atoms with van der Waals surface area (Å²) in [6.07, 6.45) is 4.41. The normalized spacial score (nSPS) is 11.3. The molecule has 1 amide bonds. The van der Waals surface area contributed by atoms with Crippen molar-refractivity contribution in [1.82, 2.24) is 9.78 Å². The molecule has 0 aliphatic rings. The number of aromatic nitrogens is 2. The first-order valence-corrected chi connectivity index (χ1v) is 5.20. The first-order chi connectivity index (χ1) is 7.52. The van der Waals surface area contributed by atoms with Crippen molar-refractivity contribution in [2.45, 2.75) is 20.3 Å². The third-order valence-corrected chi connectivity index (χ3v) is 2.19. The number of rotatable bonds is 4. The van der Waals surface area contributed by atoms with Crippen LogP contribution in [-0.2, 0) is 11.8 Å². The van der Waals surface area contributed by atoms with Gasteiger partial charge in [-0.25, -0.2) is 0 Å². The summed E-state index contributed by atoms with van der Waals surface area (Å²) in [6, 6.07) is 1.75. The average Bonchev–Trinajstić information content (AvgIpc) is 2.63. The minimum Gasteiger partial charge on any atom is -0.305 e. The van der Waals surface area contributed by atoms with Crippen molar-refractivity contribution in [3.05, 3.63) is 36.1 Å².